The molecular formula is C21H24N4O2. The van der Waals surface area contributed by atoms with Crippen LogP contribution in [-0.4, -0.2) is 41.4 Å². The smallest absolute Gasteiger partial charge is 0.258 e. The van der Waals surface area contributed by atoms with E-state index in [-0.39, 0.29) is 23.9 Å². The molecule has 1 aromatic heterocycles. The Bertz CT molecular complexity index is 967. The molecule has 1 amide bonds. The first-order valence-corrected chi connectivity index (χ1v) is 9.00. The first-order chi connectivity index (χ1) is 13.0. The van der Waals surface area contributed by atoms with E-state index in [1.807, 2.05) is 38.4 Å². The maximum atomic E-state index is 12.3. The van der Waals surface area contributed by atoms with Crippen LogP contribution in [0.1, 0.15) is 23.9 Å². The zero-order chi connectivity index (χ0) is 19.2. The van der Waals surface area contributed by atoms with Gasteiger partial charge < -0.3 is 15.2 Å². The van der Waals surface area contributed by atoms with Crippen LogP contribution in [0.2, 0.25) is 0 Å². The number of aryl methyl sites for hydroxylation is 1. The lowest BCUT2D eigenvalue weighted by molar-refractivity contribution is -0.121. The average Bonchev–Trinajstić information content (AvgIpc) is 2.67. The lowest BCUT2D eigenvalue weighted by Crippen LogP contribution is -2.34. The van der Waals surface area contributed by atoms with Crippen LogP contribution in [0.15, 0.2) is 59.4 Å². The van der Waals surface area contributed by atoms with Gasteiger partial charge in [0.2, 0.25) is 5.91 Å². The number of H-pyrrole nitrogens is 1. The van der Waals surface area contributed by atoms with Gasteiger partial charge in [0.15, 0.2) is 0 Å². The minimum atomic E-state index is -0.173. The first kappa shape index (κ1) is 18.8. The van der Waals surface area contributed by atoms with Crippen molar-refractivity contribution in [2.24, 2.45) is 0 Å². The lowest BCUT2D eigenvalue weighted by atomic mass is 10.1. The third-order valence-corrected chi connectivity index (χ3v) is 4.55. The van der Waals surface area contributed by atoms with Crippen molar-refractivity contribution in [3.8, 4) is 0 Å². The number of aromatic nitrogens is 2. The van der Waals surface area contributed by atoms with Crippen LogP contribution in [0, 0.1) is 0 Å². The van der Waals surface area contributed by atoms with Gasteiger partial charge in [-0.3, -0.25) is 9.59 Å². The molecule has 3 aromatic rings. The SMILES string of the molecule is CN(C)[C@H](CNC(=O)CCc1nc2ccccc2c(=O)[nH]1)c1ccccc1. The van der Waals surface area contributed by atoms with Gasteiger partial charge in [0.05, 0.1) is 16.9 Å². The molecule has 2 N–H and O–H groups in total. The van der Waals surface area contributed by atoms with E-state index in [1.54, 1.807) is 18.2 Å². The Labute approximate surface area is 158 Å². The van der Waals surface area contributed by atoms with Crippen LogP contribution in [0.4, 0.5) is 0 Å². The fraction of sp³-hybridized carbons (Fsp3) is 0.286. The Hall–Kier alpha value is -2.99. The Morgan fingerprint density at radius 1 is 1.11 bits per heavy atom. The molecule has 0 aliphatic carbocycles. The van der Waals surface area contributed by atoms with Gasteiger partial charge in [-0.1, -0.05) is 42.5 Å². The van der Waals surface area contributed by atoms with Gasteiger partial charge in [-0.25, -0.2) is 4.98 Å². The second-order valence-corrected chi connectivity index (χ2v) is 6.72. The molecule has 6 nitrogen and oxygen atoms in total. The van der Waals surface area contributed by atoms with Crippen LogP contribution in [0.3, 0.4) is 0 Å². The Morgan fingerprint density at radius 3 is 2.56 bits per heavy atom. The molecule has 0 saturated heterocycles. The van der Waals surface area contributed by atoms with E-state index in [4.69, 9.17) is 0 Å². The standard InChI is InChI=1S/C21H24N4O2/c1-25(2)18(15-8-4-3-5-9-15)14-22-20(26)13-12-19-23-17-11-7-6-10-16(17)21(27)24-19/h3-11,18H,12-14H2,1-2H3,(H,22,26)(H,23,24,27)/t18-/m1/s1. The predicted octanol–water partition coefficient (Wildman–Crippen LogP) is 2.27. The van der Waals surface area contributed by atoms with Crippen molar-refractivity contribution >= 4 is 16.8 Å². The van der Waals surface area contributed by atoms with Crippen LogP contribution in [-0.2, 0) is 11.2 Å². The summed E-state index contributed by atoms with van der Waals surface area (Å²) < 4.78 is 0. The first-order valence-electron chi connectivity index (χ1n) is 9.00. The van der Waals surface area contributed by atoms with Gasteiger partial charge in [0, 0.05) is 19.4 Å². The monoisotopic (exact) mass is 364 g/mol. The number of nitrogens with zero attached hydrogens (tertiary/aromatic N) is 2. The molecule has 27 heavy (non-hydrogen) atoms. The topological polar surface area (TPSA) is 78.1 Å². The van der Waals surface area contributed by atoms with Crippen LogP contribution >= 0.6 is 0 Å². The van der Waals surface area contributed by atoms with Gasteiger partial charge in [-0.15, -0.1) is 0 Å². The Kier molecular flexibility index (Phi) is 5.98. The van der Waals surface area contributed by atoms with Crippen molar-refractivity contribution in [2.75, 3.05) is 20.6 Å². The molecule has 1 atom stereocenters. The third kappa shape index (κ3) is 4.80. The highest BCUT2D eigenvalue weighted by Gasteiger charge is 2.15. The summed E-state index contributed by atoms with van der Waals surface area (Å²) in [5.74, 6) is 0.467. The number of fused-ring (bicyclic) bond motifs is 1. The average molecular weight is 364 g/mol. The van der Waals surface area contributed by atoms with Crippen molar-refractivity contribution in [3.05, 3.63) is 76.3 Å². The van der Waals surface area contributed by atoms with Gasteiger partial charge in [0.1, 0.15) is 5.82 Å². The van der Waals surface area contributed by atoms with Gasteiger partial charge >= 0.3 is 0 Å². The summed E-state index contributed by atoms with van der Waals surface area (Å²) in [7, 11) is 3.99. The number of carbonyl (C=O) groups is 1. The number of aromatic amines is 1. The largest absolute Gasteiger partial charge is 0.354 e. The second-order valence-electron chi connectivity index (χ2n) is 6.72. The van der Waals surface area contributed by atoms with Crippen LogP contribution in [0.5, 0.6) is 0 Å². The summed E-state index contributed by atoms with van der Waals surface area (Å²) in [5, 5.41) is 3.54. The number of benzene rings is 2. The van der Waals surface area contributed by atoms with Crippen molar-refractivity contribution in [1.29, 1.82) is 0 Å². The molecule has 0 spiro atoms. The number of hydrogen-bond acceptors (Lipinski definition) is 4. The molecule has 0 bridgehead atoms. The Morgan fingerprint density at radius 2 is 1.81 bits per heavy atom. The van der Waals surface area contributed by atoms with Crippen LogP contribution < -0.4 is 10.9 Å². The van der Waals surface area contributed by atoms with Crippen molar-refractivity contribution < 1.29 is 4.79 Å². The molecule has 0 unspecified atom stereocenters. The van der Waals surface area contributed by atoms with E-state index in [9.17, 15) is 9.59 Å². The minimum absolute atomic E-state index is 0.0615. The van der Waals surface area contributed by atoms with E-state index >= 15 is 0 Å². The zero-order valence-electron chi connectivity index (χ0n) is 15.6. The Balaban J connectivity index is 1.59. The quantitative estimate of drug-likeness (QED) is 0.674. The van der Waals surface area contributed by atoms with Crippen molar-refractivity contribution in [3.63, 3.8) is 0 Å². The van der Waals surface area contributed by atoms with Crippen LogP contribution in [0.25, 0.3) is 10.9 Å². The maximum Gasteiger partial charge on any atom is 0.258 e. The third-order valence-electron chi connectivity index (χ3n) is 4.55. The van der Waals surface area contributed by atoms with Crippen molar-refractivity contribution in [2.45, 2.75) is 18.9 Å². The number of rotatable bonds is 7. The van der Waals surface area contributed by atoms with Gasteiger partial charge in [0.25, 0.3) is 5.56 Å². The van der Waals surface area contributed by atoms with E-state index in [0.29, 0.717) is 29.7 Å². The van der Waals surface area contributed by atoms with Crippen molar-refractivity contribution in [1.82, 2.24) is 20.2 Å². The molecule has 2 aromatic carbocycles. The number of nitrogens with one attached hydrogen (secondary N) is 2. The van der Waals surface area contributed by atoms with E-state index in [2.05, 4.69) is 32.3 Å². The summed E-state index contributed by atoms with van der Waals surface area (Å²) in [6.07, 6.45) is 0.667. The summed E-state index contributed by atoms with van der Waals surface area (Å²) in [4.78, 5) is 33.6. The lowest BCUT2D eigenvalue weighted by Gasteiger charge is -2.25. The highest BCUT2D eigenvalue weighted by atomic mass is 16.1. The fourth-order valence-corrected chi connectivity index (χ4v) is 3.06. The van der Waals surface area contributed by atoms with Gasteiger partial charge in [-0.05, 0) is 31.8 Å². The fourth-order valence-electron chi connectivity index (χ4n) is 3.06. The summed E-state index contributed by atoms with van der Waals surface area (Å²) in [5.41, 5.74) is 1.63. The molecule has 0 aliphatic heterocycles. The number of carbonyl (C=O) groups excluding carboxylic acids is 1. The zero-order valence-corrected chi connectivity index (χ0v) is 15.6. The normalized spacial score (nSPS) is 12.3. The molecule has 6 heteroatoms. The summed E-state index contributed by atoms with van der Waals surface area (Å²) in [6.45, 7) is 0.525. The molecule has 3 rings (SSSR count). The molecule has 1 heterocycles. The minimum Gasteiger partial charge on any atom is -0.354 e. The van der Waals surface area contributed by atoms with E-state index in [1.165, 1.54) is 0 Å². The summed E-state index contributed by atoms with van der Waals surface area (Å²) in [6, 6.07) is 17.4. The van der Waals surface area contributed by atoms with E-state index < -0.39 is 0 Å². The molecule has 0 fully saturated rings. The highest BCUT2D eigenvalue weighted by molar-refractivity contribution is 5.78. The molecule has 0 radical (unpaired) electrons. The number of amides is 1. The van der Waals surface area contributed by atoms with E-state index in [0.717, 1.165) is 5.56 Å². The predicted molar refractivity (Wildman–Crippen MR) is 107 cm³/mol. The summed E-state index contributed by atoms with van der Waals surface area (Å²) >= 11 is 0. The highest BCUT2D eigenvalue weighted by Crippen LogP contribution is 2.16. The molecular weight excluding hydrogens is 340 g/mol. The molecule has 0 saturated carbocycles. The second kappa shape index (κ2) is 8.60. The number of hydrogen-bond donors (Lipinski definition) is 2. The molecule has 0 aliphatic rings. The number of likely N-dealkylation sites (N-methyl/N-ethyl adjacent to an activating group) is 1. The van der Waals surface area contributed by atoms with Gasteiger partial charge in [-0.2, -0.15) is 0 Å². The maximum absolute atomic E-state index is 12.3. The molecule has 140 valence electrons. The number of para-hydroxylation sites is 1.